The number of hydrogen-bond acceptors (Lipinski definition) is 3. The van der Waals surface area contributed by atoms with Gasteiger partial charge in [0.2, 0.25) is 5.52 Å². The van der Waals surface area contributed by atoms with E-state index in [4.69, 9.17) is 0 Å². The fraction of sp³-hybridized carbons (Fsp3) is 0.242. The summed E-state index contributed by atoms with van der Waals surface area (Å²) < 4.78 is 3.80. The van der Waals surface area contributed by atoms with Crippen LogP contribution in [-0.4, -0.2) is 6.54 Å². The number of fused-ring (bicyclic) bond motifs is 1. The molecule has 1 aromatic heterocycles. The molecule has 0 atom stereocenters. The summed E-state index contributed by atoms with van der Waals surface area (Å²) in [7, 11) is 0. The van der Waals surface area contributed by atoms with Gasteiger partial charge in [-0.25, -0.2) is 0 Å². The first-order valence-corrected chi connectivity index (χ1v) is 14.7. The highest BCUT2D eigenvalue weighted by Crippen LogP contribution is 2.30. The number of aromatic nitrogens is 1. The lowest BCUT2D eigenvalue weighted by Crippen LogP contribution is -2.33. The van der Waals surface area contributed by atoms with E-state index in [1.54, 1.807) is 11.8 Å². The van der Waals surface area contributed by atoms with Gasteiger partial charge in [0, 0.05) is 23.6 Å². The monoisotopic (exact) mass is 525 g/mol. The number of benzene rings is 3. The highest BCUT2D eigenvalue weighted by molar-refractivity contribution is 8.03. The molecule has 3 aromatic carbocycles. The van der Waals surface area contributed by atoms with Crippen LogP contribution in [0.5, 0.6) is 0 Å². The molecule has 0 spiro atoms. The predicted molar refractivity (Wildman–Crippen MR) is 165 cm³/mol. The number of nitrogens with zero attached hydrogens (tertiary/aromatic N) is 1. The van der Waals surface area contributed by atoms with Gasteiger partial charge in [-0.2, -0.15) is 4.57 Å². The van der Waals surface area contributed by atoms with E-state index < -0.39 is 0 Å². The van der Waals surface area contributed by atoms with Gasteiger partial charge in [0.15, 0.2) is 0 Å². The molecule has 0 unspecified atom stereocenters. The molecule has 0 aliphatic rings. The normalized spacial score (nSPS) is 12.6. The smallest absolute Gasteiger partial charge is 0.263 e. The van der Waals surface area contributed by atoms with Crippen LogP contribution in [0.2, 0.25) is 0 Å². The van der Waals surface area contributed by atoms with E-state index in [0.29, 0.717) is 0 Å². The van der Waals surface area contributed by atoms with E-state index in [1.807, 2.05) is 17.4 Å². The summed E-state index contributed by atoms with van der Waals surface area (Å²) in [6.07, 6.45) is 10.0. The van der Waals surface area contributed by atoms with Crippen molar-refractivity contribution >= 4 is 51.5 Å². The highest BCUT2D eigenvalue weighted by atomic mass is 32.2. The molecule has 0 saturated heterocycles. The molecule has 190 valence electrons. The summed E-state index contributed by atoms with van der Waals surface area (Å²) in [6.45, 7) is 12.9. The first-order valence-electron chi connectivity index (χ1n) is 13.1. The van der Waals surface area contributed by atoms with Crippen molar-refractivity contribution in [2.24, 2.45) is 0 Å². The SMILES string of the molecule is CCN/C(=C/C(=C/c1sc2cc(C)c(C)cc2[n+]1CC)CC)Sc1cccc(/C=C/c2ccccc2)c1. The van der Waals surface area contributed by atoms with Crippen molar-refractivity contribution in [3.63, 3.8) is 0 Å². The van der Waals surface area contributed by atoms with E-state index in [0.717, 1.165) is 19.5 Å². The number of thiazole rings is 1. The summed E-state index contributed by atoms with van der Waals surface area (Å²) in [5.74, 6) is 0. The van der Waals surface area contributed by atoms with E-state index in [-0.39, 0.29) is 0 Å². The molecule has 0 radical (unpaired) electrons. The van der Waals surface area contributed by atoms with Crippen molar-refractivity contribution in [3.05, 3.63) is 111 Å². The van der Waals surface area contributed by atoms with Crippen molar-refractivity contribution in [2.45, 2.75) is 52.5 Å². The molecule has 0 saturated carbocycles. The average molecular weight is 526 g/mol. The average Bonchev–Trinajstić information content (AvgIpc) is 3.23. The molecule has 4 aromatic rings. The van der Waals surface area contributed by atoms with Crippen LogP contribution < -0.4 is 9.88 Å². The zero-order valence-corrected chi connectivity index (χ0v) is 24.2. The van der Waals surface area contributed by atoms with Crippen LogP contribution in [0.4, 0.5) is 0 Å². The fourth-order valence-electron chi connectivity index (χ4n) is 4.22. The van der Waals surface area contributed by atoms with Crippen LogP contribution in [0, 0.1) is 13.8 Å². The molecule has 1 heterocycles. The highest BCUT2D eigenvalue weighted by Gasteiger charge is 2.18. The zero-order chi connectivity index (χ0) is 26.2. The van der Waals surface area contributed by atoms with Crippen LogP contribution in [0.3, 0.4) is 0 Å². The lowest BCUT2D eigenvalue weighted by atomic mass is 10.1. The van der Waals surface area contributed by atoms with Crippen LogP contribution in [-0.2, 0) is 6.54 Å². The Morgan fingerprint density at radius 2 is 1.62 bits per heavy atom. The van der Waals surface area contributed by atoms with E-state index in [2.05, 4.69) is 129 Å². The van der Waals surface area contributed by atoms with Crippen molar-refractivity contribution in [3.8, 4) is 0 Å². The molecule has 37 heavy (non-hydrogen) atoms. The molecule has 0 aliphatic heterocycles. The summed E-state index contributed by atoms with van der Waals surface area (Å²) >= 11 is 3.68. The molecular formula is C33H37N2S2+. The van der Waals surface area contributed by atoms with Crippen molar-refractivity contribution < 1.29 is 4.57 Å². The minimum absolute atomic E-state index is 0.889. The van der Waals surface area contributed by atoms with E-state index in [1.165, 1.54) is 53.0 Å². The van der Waals surface area contributed by atoms with Gasteiger partial charge in [-0.3, -0.25) is 0 Å². The number of nitrogens with one attached hydrogen (secondary N) is 1. The third-order valence-electron chi connectivity index (χ3n) is 6.40. The first kappa shape index (κ1) is 27.0. The second-order valence-corrected chi connectivity index (χ2v) is 11.3. The Morgan fingerprint density at radius 1 is 0.892 bits per heavy atom. The molecule has 0 amide bonds. The molecular weight excluding hydrogens is 489 g/mol. The minimum Gasteiger partial charge on any atom is -0.380 e. The second-order valence-electron chi connectivity index (χ2n) is 9.12. The first-order chi connectivity index (χ1) is 18.0. The third-order valence-corrected chi connectivity index (χ3v) is 8.47. The number of aryl methyl sites for hydroxylation is 3. The summed E-state index contributed by atoms with van der Waals surface area (Å²) in [6, 6.07) is 23.8. The Hall–Kier alpha value is -3.08. The largest absolute Gasteiger partial charge is 0.380 e. The third kappa shape index (κ3) is 7.03. The van der Waals surface area contributed by atoms with Gasteiger partial charge in [0.1, 0.15) is 11.2 Å². The van der Waals surface area contributed by atoms with Crippen LogP contribution in [0.15, 0.2) is 88.3 Å². The van der Waals surface area contributed by atoms with Crippen LogP contribution in [0.25, 0.3) is 28.4 Å². The Morgan fingerprint density at radius 3 is 2.35 bits per heavy atom. The van der Waals surface area contributed by atoms with Gasteiger partial charge in [0.25, 0.3) is 5.01 Å². The molecule has 1 N–H and O–H groups in total. The van der Waals surface area contributed by atoms with Crippen molar-refractivity contribution in [1.29, 1.82) is 0 Å². The number of rotatable bonds is 10. The van der Waals surface area contributed by atoms with Crippen molar-refractivity contribution in [2.75, 3.05) is 6.54 Å². The van der Waals surface area contributed by atoms with Crippen LogP contribution in [0.1, 0.15) is 54.5 Å². The number of thioether (sulfide) groups is 1. The van der Waals surface area contributed by atoms with Gasteiger partial charge in [0.05, 0.1) is 5.03 Å². The fourth-order valence-corrected chi connectivity index (χ4v) is 6.52. The van der Waals surface area contributed by atoms with Gasteiger partial charge in [-0.1, -0.05) is 84.6 Å². The van der Waals surface area contributed by atoms with Gasteiger partial charge in [-0.05, 0) is 86.2 Å². The molecule has 4 rings (SSSR count). The lowest BCUT2D eigenvalue weighted by molar-refractivity contribution is -0.665. The molecule has 4 heteroatoms. The topological polar surface area (TPSA) is 15.9 Å². The number of hydrogen-bond donors (Lipinski definition) is 1. The second kappa shape index (κ2) is 12.9. The molecule has 0 bridgehead atoms. The molecule has 0 aliphatic carbocycles. The molecule has 0 fully saturated rings. The maximum absolute atomic E-state index is 3.59. The maximum Gasteiger partial charge on any atom is 0.263 e. The lowest BCUT2D eigenvalue weighted by Gasteiger charge is -2.10. The van der Waals surface area contributed by atoms with Gasteiger partial charge >= 0.3 is 0 Å². The summed E-state index contributed by atoms with van der Waals surface area (Å²) in [5, 5.41) is 6.08. The standard InChI is InChI=1S/C33H36N2S2/c1-6-26(23-33-35(8-3)30-19-24(4)25(5)20-31(30)37-33)22-32(34-7-2)36-29-16-12-15-28(21-29)18-17-27-13-10-9-11-14-27/h9-23H,6-8H2,1-5H3/p+1/b18-17+. The minimum atomic E-state index is 0.889. The van der Waals surface area contributed by atoms with Crippen LogP contribution >= 0.6 is 23.1 Å². The van der Waals surface area contributed by atoms with E-state index in [9.17, 15) is 0 Å². The van der Waals surface area contributed by atoms with E-state index >= 15 is 0 Å². The van der Waals surface area contributed by atoms with Crippen molar-refractivity contribution in [1.82, 2.24) is 5.32 Å². The van der Waals surface area contributed by atoms with Gasteiger partial charge < -0.3 is 5.32 Å². The Kier molecular flexibility index (Phi) is 9.43. The maximum atomic E-state index is 3.59. The summed E-state index contributed by atoms with van der Waals surface area (Å²) in [4.78, 5) is 1.23. The summed E-state index contributed by atoms with van der Waals surface area (Å²) in [5.41, 5.74) is 7.78. The molecule has 2 nitrogen and oxygen atoms in total. The Labute approximate surface area is 230 Å². The predicted octanol–water partition coefficient (Wildman–Crippen LogP) is 9.03. The zero-order valence-electron chi connectivity index (χ0n) is 22.5. The quantitative estimate of drug-likeness (QED) is 0.0962. The number of allylic oxidation sites excluding steroid dienone is 2. The Balaban J connectivity index is 1.61. The Bertz CT molecular complexity index is 1440. The van der Waals surface area contributed by atoms with Gasteiger partial charge in [-0.15, -0.1) is 0 Å².